The van der Waals surface area contributed by atoms with E-state index in [9.17, 15) is 23.1 Å². The molecule has 7 heteroatoms. The number of carbonyl (C=O) groups is 2. The van der Waals surface area contributed by atoms with Gasteiger partial charge in [0.15, 0.2) is 9.84 Å². The van der Waals surface area contributed by atoms with Crippen molar-refractivity contribution < 1.29 is 23.1 Å². The molecule has 1 unspecified atom stereocenters. The molecule has 1 aromatic carbocycles. The fraction of sp³-hybridized carbons (Fsp3) is 0.429. The number of hydrogen-bond donors (Lipinski definition) is 1. The molecular formula is C14H17NO5S. The van der Waals surface area contributed by atoms with E-state index in [-0.39, 0.29) is 10.5 Å². The maximum Gasteiger partial charge on any atom is 0.414 e. The number of sulfone groups is 1. The Morgan fingerprint density at radius 1 is 1.29 bits per heavy atom. The zero-order valence-electron chi connectivity index (χ0n) is 12.2. The highest BCUT2D eigenvalue weighted by Gasteiger charge is 2.46. The van der Waals surface area contributed by atoms with E-state index >= 15 is 0 Å². The van der Waals surface area contributed by atoms with Crippen LogP contribution in [-0.2, 0) is 9.84 Å². The highest BCUT2D eigenvalue weighted by molar-refractivity contribution is 7.90. The number of benzene rings is 1. The Balaban J connectivity index is 2.72. The molecule has 21 heavy (non-hydrogen) atoms. The largest absolute Gasteiger partial charge is 0.465 e. The number of nitrogens with zero attached hydrogens (tertiary/aromatic N) is 1. The zero-order chi connectivity index (χ0) is 16.2. The third-order valence-corrected chi connectivity index (χ3v) is 4.59. The minimum atomic E-state index is -3.43. The lowest BCUT2D eigenvalue weighted by molar-refractivity contribution is 0.0583. The van der Waals surface area contributed by atoms with E-state index in [1.54, 1.807) is 0 Å². The van der Waals surface area contributed by atoms with Crippen LogP contribution in [-0.4, -0.2) is 36.7 Å². The van der Waals surface area contributed by atoms with Crippen LogP contribution in [0.4, 0.5) is 4.79 Å². The summed E-state index contributed by atoms with van der Waals surface area (Å²) in [7, 11) is -3.43. The molecule has 0 fully saturated rings. The first-order valence-electron chi connectivity index (χ1n) is 6.35. The summed E-state index contributed by atoms with van der Waals surface area (Å²) in [5.74, 6) is -0.613. The lowest BCUT2D eigenvalue weighted by Crippen LogP contribution is -2.38. The van der Waals surface area contributed by atoms with Crippen molar-refractivity contribution in [3.8, 4) is 0 Å². The van der Waals surface area contributed by atoms with E-state index in [4.69, 9.17) is 0 Å². The average Bonchev–Trinajstić information content (AvgIpc) is 2.61. The normalized spacial score (nSPS) is 18.8. The quantitative estimate of drug-likeness (QED) is 0.859. The van der Waals surface area contributed by atoms with Gasteiger partial charge in [-0.05, 0) is 29.2 Å². The molecule has 0 aromatic heterocycles. The van der Waals surface area contributed by atoms with Crippen LogP contribution < -0.4 is 0 Å². The molecule has 114 valence electrons. The Hall–Kier alpha value is -1.89. The number of imide groups is 1. The predicted molar refractivity (Wildman–Crippen MR) is 75.9 cm³/mol. The summed E-state index contributed by atoms with van der Waals surface area (Å²) >= 11 is 0. The summed E-state index contributed by atoms with van der Waals surface area (Å²) in [5.41, 5.74) is 0.137. The highest BCUT2D eigenvalue weighted by atomic mass is 32.2. The van der Waals surface area contributed by atoms with E-state index in [2.05, 4.69) is 0 Å². The molecule has 2 amide bonds. The van der Waals surface area contributed by atoms with Crippen LogP contribution in [0.15, 0.2) is 23.1 Å². The van der Waals surface area contributed by atoms with Gasteiger partial charge < -0.3 is 5.11 Å². The number of carbonyl (C=O) groups excluding carboxylic acids is 1. The molecule has 0 bridgehead atoms. The highest BCUT2D eigenvalue weighted by Crippen LogP contribution is 2.45. The van der Waals surface area contributed by atoms with Crippen LogP contribution in [0.5, 0.6) is 0 Å². The molecule has 0 aliphatic carbocycles. The van der Waals surface area contributed by atoms with Crippen LogP contribution >= 0.6 is 0 Å². The average molecular weight is 311 g/mol. The molecule has 0 saturated heterocycles. The number of rotatable bonds is 1. The van der Waals surface area contributed by atoms with E-state index in [1.807, 2.05) is 20.8 Å². The number of amides is 2. The van der Waals surface area contributed by atoms with Crippen molar-refractivity contribution in [1.29, 1.82) is 0 Å². The third-order valence-electron chi connectivity index (χ3n) is 3.48. The first-order valence-corrected chi connectivity index (χ1v) is 8.24. The topological polar surface area (TPSA) is 91.8 Å². The van der Waals surface area contributed by atoms with E-state index in [0.29, 0.717) is 5.56 Å². The number of hydrogen-bond acceptors (Lipinski definition) is 4. The van der Waals surface area contributed by atoms with Gasteiger partial charge in [-0.2, -0.15) is 0 Å². The smallest absolute Gasteiger partial charge is 0.414 e. The first kappa shape index (κ1) is 15.5. The maximum atomic E-state index is 12.3. The van der Waals surface area contributed by atoms with Gasteiger partial charge in [-0.25, -0.2) is 18.1 Å². The standard InChI is InChI=1S/C14H17NO5S/c1-14(2,3)11-10-7-8(21(4,19)20)5-6-9(10)12(16)15(11)13(17)18/h5-7,11H,1-4H3,(H,17,18). The summed E-state index contributed by atoms with van der Waals surface area (Å²) in [5, 5.41) is 9.31. The molecule has 1 N–H and O–H groups in total. The van der Waals surface area contributed by atoms with Crippen molar-refractivity contribution in [2.24, 2.45) is 5.41 Å². The molecular weight excluding hydrogens is 294 g/mol. The Kier molecular flexibility index (Phi) is 3.36. The molecule has 1 aliphatic rings. The van der Waals surface area contributed by atoms with Crippen LogP contribution in [0.25, 0.3) is 0 Å². The van der Waals surface area contributed by atoms with Gasteiger partial charge in [-0.15, -0.1) is 0 Å². The molecule has 2 rings (SSSR count). The summed E-state index contributed by atoms with van der Waals surface area (Å²) in [6.45, 7) is 5.43. The fourth-order valence-corrected chi connectivity index (χ4v) is 3.29. The molecule has 1 aromatic rings. The molecule has 6 nitrogen and oxygen atoms in total. The minimum Gasteiger partial charge on any atom is -0.465 e. The Morgan fingerprint density at radius 3 is 2.29 bits per heavy atom. The fourth-order valence-electron chi connectivity index (χ4n) is 2.63. The van der Waals surface area contributed by atoms with Crippen LogP contribution in [0, 0.1) is 5.41 Å². The van der Waals surface area contributed by atoms with E-state index < -0.39 is 33.3 Å². The molecule has 1 heterocycles. The second kappa shape index (κ2) is 4.56. The van der Waals surface area contributed by atoms with Gasteiger partial charge in [0.05, 0.1) is 10.9 Å². The van der Waals surface area contributed by atoms with Gasteiger partial charge >= 0.3 is 6.09 Å². The van der Waals surface area contributed by atoms with Crippen LogP contribution in [0.3, 0.4) is 0 Å². The summed E-state index contributed by atoms with van der Waals surface area (Å²) in [6, 6.07) is 3.41. The van der Waals surface area contributed by atoms with Gasteiger partial charge in [0.25, 0.3) is 5.91 Å². The van der Waals surface area contributed by atoms with Gasteiger partial charge in [-0.3, -0.25) is 4.79 Å². The van der Waals surface area contributed by atoms with Crippen molar-refractivity contribution in [2.45, 2.75) is 31.7 Å². The molecule has 0 saturated carbocycles. The van der Waals surface area contributed by atoms with E-state index in [0.717, 1.165) is 11.2 Å². The minimum absolute atomic E-state index is 0.0792. The van der Waals surface area contributed by atoms with Crippen LogP contribution in [0.1, 0.15) is 42.7 Å². The van der Waals surface area contributed by atoms with Gasteiger partial charge in [0, 0.05) is 11.8 Å². The van der Waals surface area contributed by atoms with Gasteiger partial charge in [-0.1, -0.05) is 20.8 Å². The van der Waals surface area contributed by atoms with Crippen molar-refractivity contribution >= 4 is 21.8 Å². The second-order valence-corrected chi connectivity index (χ2v) is 8.26. The third kappa shape index (κ3) is 2.53. The van der Waals surface area contributed by atoms with E-state index in [1.165, 1.54) is 18.2 Å². The van der Waals surface area contributed by atoms with Crippen LogP contribution in [0.2, 0.25) is 0 Å². The summed E-state index contributed by atoms with van der Waals surface area (Å²) in [6.07, 6.45) is -0.260. The number of fused-ring (bicyclic) bond motifs is 1. The Bertz CT molecular complexity index is 730. The monoisotopic (exact) mass is 311 g/mol. The van der Waals surface area contributed by atoms with Gasteiger partial charge in [0.1, 0.15) is 0 Å². The Morgan fingerprint density at radius 2 is 1.86 bits per heavy atom. The van der Waals surface area contributed by atoms with Gasteiger partial charge in [0.2, 0.25) is 0 Å². The predicted octanol–water partition coefficient (Wildman–Crippen LogP) is 2.31. The maximum absolute atomic E-state index is 12.3. The molecule has 0 radical (unpaired) electrons. The lowest BCUT2D eigenvalue weighted by Gasteiger charge is -2.32. The molecule has 0 spiro atoms. The molecule has 1 atom stereocenters. The van der Waals surface area contributed by atoms with Crippen molar-refractivity contribution in [2.75, 3.05) is 6.26 Å². The van der Waals surface area contributed by atoms with Crippen molar-refractivity contribution in [3.05, 3.63) is 29.3 Å². The zero-order valence-corrected chi connectivity index (χ0v) is 13.1. The number of carboxylic acid groups (broad SMARTS) is 1. The van der Waals surface area contributed by atoms with Crippen molar-refractivity contribution in [1.82, 2.24) is 4.90 Å². The SMILES string of the molecule is CC(C)(C)C1c2cc(S(C)(=O)=O)ccc2C(=O)N1C(=O)O. The molecule has 1 aliphatic heterocycles. The second-order valence-electron chi connectivity index (χ2n) is 6.25. The summed E-state index contributed by atoms with van der Waals surface area (Å²) < 4.78 is 23.3. The Labute approximate surface area is 123 Å². The summed E-state index contributed by atoms with van der Waals surface area (Å²) in [4.78, 5) is 24.5. The lowest BCUT2D eigenvalue weighted by atomic mass is 9.82. The van der Waals surface area contributed by atoms with Crippen molar-refractivity contribution in [3.63, 3.8) is 0 Å². The first-order chi connectivity index (χ1) is 9.44.